The first kappa shape index (κ1) is 10.8. The molecule has 3 nitrogen and oxygen atoms in total. The van der Waals surface area contributed by atoms with Crippen LogP contribution in [0.3, 0.4) is 0 Å². The van der Waals surface area contributed by atoms with Crippen LogP contribution in [0, 0.1) is 13.8 Å². The van der Waals surface area contributed by atoms with Gasteiger partial charge in [-0.2, -0.15) is 0 Å². The Bertz CT molecular complexity index is 694. The summed E-state index contributed by atoms with van der Waals surface area (Å²) >= 11 is 0. The Morgan fingerprint density at radius 1 is 0.722 bits per heavy atom. The van der Waals surface area contributed by atoms with Crippen LogP contribution in [0.2, 0.25) is 0 Å². The number of hydrogen-bond donors (Lipinski definition) is 0. The molecule has 0 bridgehead atoms. The predicted octanol–water partition coefficient (Wildman–Crippen LogP) is 3.31. The summed E-state index contributed by atoms with van der Waals surface area (Å²) in [5.41, 5.74) is 1.06. The molecular formula is C15H13N3. The van der Waals surface area contributed by atoms with Crippen molar-refractivity contribution in [2.45, 2.75) is 13.8 Å². The Morgan fingerprint density at radius 2 is 1.39 bits per heavy atom. The molecule has 0 radical (unpaired) electrons. The van der Waals surface area contributed by atoms with E-state index in [-0.39, 0.29) is 0 Å². The maximum absolute atomic E-state index is 4.43. The number of aromatic nitrogens is 3. The summed E-state index contributed by atoms with van der Waals surface area (Å²) in [5.74, 6) is 2.26. The lowest BCUT2D eigenvalue weighted by Gasteiger charge is -2.06. The minimum Gasteiger partial charge on any atom is -0.219 e. The molecule has 0 aliphatic carbocycles. The fraction of sp³-hybridized carbons (Fsp3) is 0.133. The quantitative estimate of drug-likeness (QED) is 0.649. The molecule has 2 aromatic carbocycles. The molecule has 0 aliphatic rings. The normalized spacial score (nSPS) is 10.8. The van der Waals surface area contributed by atoms with Gasteiger partial charge < -0.3 is 0 Å². The van der Waals surface area contributed by atoms with Crippen LogP contribution in [-0.2, 0) is 0 Å². The van der Waals surface area contributed by atoms with Gasteiger partial charge in [-0.3, -0.25) is 0 Å². The fourth-order valence-electron chi connectivity index (χ4n) is 2.16. The summed E-state index contributed by atoms with van der Waals surface area (Å²) in [6.07, 6.45) is 0. The number of fused-ring (bicyclic) bond motifs is 1. The molecule has 3 aromatic rings. The Kier molecular flexibility index (Phi) is 2.52. The zero-order valence-corrected chi connectivity index (χ0v) is 10.4. The second-order valence-corrected chi connectivity index (χ2v) is 4.28. The predicted molar refractivity (Wildman–Crippen MR) is 72.2 cm³/mol. The first-order valence-corrected chi connectivity index (χ1v) is 5.91. The van der Waals surface area contributed by atoms with Crippen molar-refractivity contribution in [1.29, 1.82) is 0 Å². The fourth-order valence-corrected chi connectivity index (χ4v) is 2.16. The number of aryl methyl sites for hydroxylation is 2. The SMILES string of the molecule is Cc1nc(C)nc(-c2cccc3ccccc23)n1. The van der Waals surface area contributed by atoms with Crippen LogP contribution in [0.4, 0.5) is 0 Å². The van der Waals surface area contributed by atoms with E-state index >= 15 is 0 Å². The van der Waals surface area contributed by atoms with E-state index in [4.69, 9.17) is 0 Å². The average molecular weight is 235 g/mol. The van der Waals surface area contributed by atoms with E-state index in [1.807, 2.05) is 32.0 Å². The Morgan fingerprint density at radius 3 is 2.17 bits per heavy atom. The second kappa shape index (κ2) is 4.18. The molecule has 0 saturated heterocycles. The van der Waals surface area contributed by atoms with Crippen molar-refractivity contribution in [2.75, 3.05) is 0 Å². The van der Waals surface area contributed by atoms with Crippen molar-refractivity contribution in [2.24, 2.45) is 0 Å². The largest absolute Gasteiger partial charge is 0.219 e. The van der Waals surface area contributed by atoms with Gasteiger partial charge in [0.1, 0.15) is 11.6 Å². The third-order valence-electron chi connectivity index (χ3n) is 2.89. The van der Waals surface area contributed by atoms with Gasteiger partial charge in [-0.05, 0) is 24.6 Å². The molecule has 0 fully saturated rings. The molecule has 0 unspecified atom stereocenters. The molecule has 0 aliphatic heterocycles. The number of rotatable bonds is 1. The molecule has 0 spiro atoms. The van der Waals surface area contributed by atoms with Gasteiger partial charge in [0.25, 0.3) is 0 Å². The first-order chi connectivity index (χ1) is 8.74. The molecule has 3 rings (SSSR count). The zero-order chi connectivity index (χ0) is 12.5. The van der Waals surface area contributed by atoms with Crippen LogP contribution in [-0.4, -0.2) is 15.0 Å². The van der Waals surface area contributed by atoms with Crippen molar-refractivity contribution >= 4 is 10.8 Å². The maximum Gasteiger partial charge on any atom is 0.163 e. The third kappa shape index (κ3) is 1.84. The number of hydrogen-bond acceptors (Lipinski definition) is 3. The average Bonchev–Trinajstić information content (AvgIpc) is 2.37. The maximum atomic E-state index is 4.43. The van der Waals surface area contributed by atoms with E-state index in [9.17, 15) is 0 Å². The summed E-state index contributed by atoms with van der Waals surface area (Å²) in [4.78, 5) is 13.1. The lowest BCUT2D eigenvalue weighted by molar-refractivity contribution is 0.929. The summed E-state index contributed by atoms with van der Waals surface area (Å²) in [6.45, 7) is 3.78. The van der Waals surface area contributed by atoms with Crippen LogP contribution in [0.5, 0.6) is 0 Å². The highest BCUT2D eigenvalue weighted by atomic mass is 15.0. The monoisotopic (exact) mass is 235 g/mol. The first-order valence-electron chi connectivity index (χ1n) is 5.91. The lowest BCUT2D eigenvalue weighted by atomic mass is 10.0. The molecule has 3 heteroatoms. The minimum absolute atomic E-state index is 0.747. The molecule has 1 heterocycles. The zero-order valence-electron chi connectivity index (χ0n) is 10.4. The standard InChI is InChI=1S/C15H13N3/c1-10-16-11(2)18-15(17-10)14-9-5-7-12-6-3-4-8-13(12)14/h3-9H,1-2H3. The van der Waals surface area contributed by atoms with Crippen LogP contribution in [0.1, 0.15) is 11.6 Å². The van der Waals surface area contributed by atoms with Crippen molar-refractivity contribution in [3.8, 4) is 11.4 Å². The molecule has 0 atom stereocenters. The summed E-state index contributed by atoms with van der Waals surface area (Å²) in [5, 5.41) is 2.37. The van der Waals surface area contributed by atoms with Gasteiger partial charge in [-0.25, -0.2) is 15.0 Å². The van der Waals surface area contributed by atoms with Gasteiger partial charge in [0.2, 0.25) is 0 Å². The molecule has 1 aromatic heterocycles. The van der Waals surface area contributed by atoms with Gasteiger partial charge in [0.15, 0.2) is 5.82 Å². The molecule has 0 N–H and O–H groups in total. The third-order valence-corrected chi connectivity index (χ3v) is 2.89. The smallest absolute Gasteiger partial charge is 0.163 e. The van der Waals surface area contributed by atoms with Crippen molar-refractivity contribution in [3.63, 3.8) is 0 Å². The topological polar surface area (TPSA) is 38.7 Å². The van der Waals surface area contributed by atoms with Gasteiger partial charge in [-0.15, -0.1) is 0 Å². The Hall–Kier alpha value is -2.29. The van der Waals surface area contributed by atoms with Crippen LogP contribution >= 0.6 is 0 Å². The van der Waals surface area contributed by atoms with E-state index in [2.05, 4.69) is 39.2 Å². The van der Waals surface area contributed by atoms with E-state index in [1.165, 1.54) is 10.8 Å². The second-order valence-electron chi connectivity index (χ2n) is 4.28. The number of nitrogens with zero attached hydrogens (tertiary/aromatic N) is 3. The van der Waals surface area contributed by atoms with Crippen LogP contribution in [0.15, 0.2) is 42.5 Å². The molecule has 0 amide bonds. The molecule has 88 valence electrons. The Labute approximate surface area is 106 Å². The van der Waals surface area contributed by atoms with E-state index in [0.29, 0.717) is 0 Å². The van der Waals surface area contributed by atoms with Gasteiger partial charge >= 0.3 is 0 Å². The lowest BCUT2D eigenvalue weighted by Crippen LogP contribution is -1.99. The van der Waals surface area contributed by atoms with E-state index < -0.39 is 0 Å². The number of benzene rings is 2. The van der Waals surface area contributed by atoms with Crippen molar-refractivity contribution < 1.29 is 0 Å². The summed E-state index contributed by atoms with van der Waals surface area (Å²) < 4.78 is 0. The van der Waals surface area contributed by atoms with Crippen molar-refractivity contribution in [1.82, 2.24) is 15.0 Å². The van der Waals surface area contributed by atoms with Crippen LogP contribution in [0.25, 0.3) is 22.2 Å². The molecule has 18 heavy (non-hydrogen) atoms. The Balaban J connectivity index is 2.31. The molecular weight excluding hydrogens is 222 g/mol. The highest BCUT2D eigenvalue weighted by molar-refractivity contribution is 5.94. The van der Waals surface area contributed by atoms with Gasteiger partial charge in [0.05, 0.1) is 0 Å². The van der Waals surface area contributed by atoms with Gasteiger partial charge in [0, 0.05) is 5.56 Å². The van der Waals surface area contributed by atoms with Crippen LogP contribution < -0.4 is 0 Å². The highest BCUT2D eigenvalue weighted by Gasteiger charge is 2.07. The summed E-state index contributed by atoms with van der Waals surface area (Å²) in [7, 11) is 0. The van der Waals surface area contributed by atoms with Gasteiger partial charge in [-0.1, -0.05) is 42.5 Å². The molecule has 0 saturated carbocycles. The minimum atomic E-state index is 0.747. The summed E-state index contributed by atoms with van der Waals surface area (Å²) in [6, 6.07) is 14.4. The van der Waals surface area contributed by atoms with E-state index in [1.54, 1.807) is 0 Å². The van der Waals surface area contributed by atoms with E-state index in [0.717, 1.165) is 23.0 Å². The van der Waals surface area contributed by atoms with Crippen molar-refractivity contribution in [3.05, 3.63) is 54.1 Å². The highest BCUT2D eigenvalue weighted by Crippen LogP contribution is 2.25.